The van der Waals surface area contributed by atoms with E-state index in [-0.39, 0.29) is 12.0 Å². The maximum atomic E-state index is 12.4. The average molecular weight is 434 g/mol. The van der Waals surface area contributed by atoms with Crippen molar-refractivity contribution in [2.45, 2.75) is 31.9 Å². The highest BCUT2D eigenvalue weighted by atomic mass is 16.6. The van der Waals surface area contributed by atoms with E-state index in [0.29, 0.717) is 31.6 Å². The van der Waals surface area contributed by atoms with Crippen LogP contribution in [0, 0.1) is 0 Å². The van der Waals surface area contributed by atoms with Crippen molar-refractivity contribution in [1.29, 1.82) is 0 Å². The van der Waals surface area contributed by atoms with Gasteiger partial charge in [-0.3, -0.25) is 4.90 Å². The topological polar surface area (TPSA) is 83.7 Å². The fourth-order valence-electron chi connectivity index (χ4n) is 4.57. The molecule has 3 aromatic rings. The summed E-state index contributed by atoms with van der Waals surface area (Å²) in [5, 5.41) is 15.4. The quantitative estimate of drug-likeness (QED) is 0.681. The molecule has 32 heavy (non-hydrogen) atoms. The lowest BCUT2D eigenvalue weighted by molar-refractivity contribution is 0.0572. The Morgan fingerprint density at radius 1 is 1.06 bits per heavy atom. The minimum Gasteiger partial charge on any atom is -0.493 e. The van der Waals surface area contributed by atoms with Crippen LogP contribution in [-0.4, -0.2) is 68.0 Å². The van der Waals surface area contributed by atoms with E-state index in [2.05, 4.69) is 15.0 Å². The number of pyridine rings is 1. The summed E-state index contributed by atoms with van der Waals surface area (Å²) in [5.41, 5.74) is 2.85. The molecule has 0 radical (unpaired) electrons. The molecule has 166 valence electrons. The van der Waals surface area contributed by atoms with E-state index in [0.717, 1.165) is 49.2 Å². The Balaban J connectivity index is 1.17. The number of aryl methyl sites for hydroxylation is 1. The van der Waals surface area contributed by atoms with Gasteiger partial charge in [0, 0.05) is 44.0 Å². The van der Waals surface area contributed by atoms with Crippen LogP contribution in [0.3, 0.4) is 0 Å². The number of aromatic hydroxyl groups is 1. The largest absolute Gasteiger partial charge is 0.493 e. The van der Waals surface area contributed by atoms with E-state index in [1.807, 2.05) is 48.5 Å². The number of rotatable bonds is 4. The smallest absolute Gasteiger partial charge is 0.410 e. The van der Waals surface area contributed by atoms with E-state index in [1.54, 1.807) is 11.1 Å². The first kappa shape index (κ1) is 20.5. The van der Waals surface area contributed by atoms with E-state index < -0.39 is 0 Å². The molecule has 2 aliphatic rings. The van der Waals surface area contributed by atoms with Gasteiger partial charge in [-0.05, 0) is 37.0 Å². The van der Waals surface area contributed by atoms with Crippen molar-refractivity contribution in [2.24, 2.45) is 0 Å². The molecule has 8 heteroatoms. The van der Waals surface area contributed by atoms with Gasteiger partial charge in [0.05, 0.1) is 5.69 Å². The summed E-state index contributed by atoms with van der Waals surface area (Å²) in [7, 11) is 0. The van der Waals surface area contributed by atoms with Gasteiger partial charge >= 0.3 is 6.09 Å². The zero-order chi connectivity index (χ0) is 21.9. The first-order valence-electron chi connectivity index (χ1n) is 11.1. The van der Waals surface area contributed by atoms with Crippen molar-refractivity contribution in [1.82, 2.24) is 24.6 Å². The van der Waals surface area contributed by atoms with E-state index in [9.17, 15) is 9.90 Å². The molecule has 1 saturated heterocycles. The second kappa shape index (κ2) is 9.00. The number of fused-ring (bicyclic) bond motifs is 1. The molecular weight excluding hydrogens is 406 g/mol. The van der Waals surface area contributed by atoms with Crippen LogP contribution in [-0.2, 0) is 24.2 Å². The van der Waals surface area contributed by atoms with Gasteiger partial charge in [-0.2, -0.15) is 9.78 Å². The second-order valence-corrected chi connectivity index (χ2v) is 8.31. The normalized spacial score (nSPS) is 18.9. The standard InChI is InChI=1S/C24H27N5O3/c30-23-20-16-19(9-10-21(20)26-29(23)22-8-4-5-11-25-22)27-12-14-28(15-13-27)24(31)32-17-18-6-2-1-3-7-18/h1-8,11,19,30H,9-10,12-17H2. The lowest BCUT2D eigenvalue weighted by Gasteiger charge is -2.40. The molecule has 1 atom stereocenters. The summed E-state index contributed by atoms with van der Waals surface area (Å²) >= 11 is 0. The number of hydrogen-bond donors (Lipinski definition) is 1. The van der Waals surface area contributed by atoms with Crippen molar-refractivity contribution in [3.63, 3.8) is 0 Å². The summed E-state index contributed by atoms with van der Waals surface area (Å²) in [6.45, 7) is 3.20. The average Bonchev–Trinajstić information content (AvgIpc) is 3.19. The molecule has 2 aromatic heterocycles. The summed E-state index contributed by atoms with van der Waals surface area (Å²) in [6, 6.07) is 15.6. The number of carbonyl (C=O) groups excluding carboxylic acids is 1. The maximum absolute atomic E-state index is 12.4. The lowest BCUT2D eigenvalue weighted by atomic mass is 9.91. The van der Waals surface area contributed by atoms with Gasteiger partial charge in [0.2, 0.25) is 5.88 Å². The first-order chi connectivity index (χ1) is 15.7. The van der Waals surface area contributed by atoms with Gasteiger partial charge in [-0.15, -0.1) is 0 Å². The molecule has 1 aliphatic carbocycles. The summed E-state index contributed by atoms with van der Waals surface area (Å²) in [5.74, 6) is 0.810. The maximum Gasteiger partial charge on any atom is 0.410 e. The molecule has 1 aliphatic heterocycles. The van der Waals surface area contributed by atoms with Crippen LogP contribution in [0.25, 0.3) is 5.82 Å². The van der Waals surface area contributed by atoms with Crippen LogP contribution in [0.2, 0.25) is 0 Å². The Morgan fingerprint density at radius 2 is 1.84 bits per heavy atom. The van der Waals surface area contributed by atoms with Crippen molar-refractivity contribution in [3.8, 4) is 11.7 Å². The second-order valence-electron chi connectivity index (χ2n) is 8.31. The Kier molecular flexibility index (Phi) is 5.77. The van der Waals surface area contributed by atoms with E-state index in [1.165, 1.54) is 4.68 Å². The number of hydrogen-bond acceptors (Lipinski definition) is 6. The Labute approximate surface area is 187 Å². The summed E-state index contributed by atoms with van der Waals surface area (Å²) in [6.07, 6.45) is 4.01. The molecule has 1 amide bonds. The SMILES string of the molecule is O=C(OCc1ccccc1)N1CCN(C2CCc3nn(-c4ccccn4)c(O)c3C2)CC1. The zero-order valence-electron chi connectivity index (χ0n) is 17.9. The van der Waals surface area contributed by atoms with Gasteiger partial charge in [-0.1, -0.05) is 36.4 Å². The molecule has 3 heterocycles. The van der Waals surface area contributed by atoms with Crippen molar-refractivity contribution in [3.05, 3.63) is 71.5 Å². The fourth-order valence-corrected chi connectivity index (χ4v) is 4.57. The summed E-state index contributed by atoms with van der Waals surface area (Å²) < 4.78 is 7.01. The molecule has 1 unspecified atom stereocenters. The highest BCUT2D eigenvalue weighted by Crippen LogP contribution is 2.32. The van der Waals surface area contributed by atoms with Crippen LogP contribution >= 0.6 is 0 Å². The molecule has 8 nitrogen and oxygen atoms in total. The predicted octanol–water partition coefficient (Wildman–Crippen LogP) is 2.78. The number of aromatic nitrogens is 3. The summed E-state index contributed by atoms with van der Waals surface area (Å²) in [4.78, 5) is 20.9. The number of nitrogens with zero attached hydrogens (tertiary/aromatic N) is 5. The Morgan fingerprint density at radius 3 is 2.59 bits per heavy atom. The van der Waals surface area contributed by atoms with Crippen LogP contribution in [0.1, 0.15) is 23.2 Å². The van der Waals surface area contributed by atoms with E-state index >= 15 is 0 Å². The predicted molar refractivity (Wildman–Crippen MR) is 119 cm³/mol. The number of ether oxygens (including phenoxy) is 1. The first-order valence-corrected chi connectivity index (χ1v) is 11.1. The van der Waals surface area contributed by atoms with Crippen LogP contribution < -0.4 is 0 Å². The zero-order valence-corrected chi connectivity index (χ0v) is 17.9. The molecule has 1 aromatic carbocycles. The molecule has 0 saturated carbocycles. The lowest BCUT2D eigenvalue weighted by Crippen LogP contribution is -2.53. The molecule has 1 fully saturated rings. The van der Waals surface area contributed by atoms with Crippen molar-refractivity contribution >= 4 is 6.09 Å². The third-order valence-electron chi connectivity index (χ3n) is 6.35. The third-order valence-corrected chi connectivity index (χ3v) is 6.35. The molecule has 5 rings (SSSR count). The number of piperazine rings is 1. The fraction of sp³-hybridized carbons (Fsp3) is 0.375. The third kappa shape index (κ3) is 4.18. The highest BCUT2D eigenvalue weighted by molar-refractivity contribution is 5.67. The molecular formula is C24H27N5O3. The van der Waals surface area contributed by atoms with Gasteiger partial charge in [-0.25, -0.2) is 9.78 Å². The minimum atomic E-state index is -0.256. The number of benzene rings is 1. The minimum absolute atomic E-state index is 0.187. The van der Waals surface area contributed by atoms with Gasteiger partial charge in [0.25, 0.3) is 0 Å². The van der Waals surface area contributed by atoms with Crippen molar-refractivity contribution in [2.75, 3.05) is 26.2 Å². The highest BCUT2D eigenvalue weighted by Gasteiger charge is 2.32. The van der Waals surface area contributed by atoms with Gasteiger partial charge < -0.3 is 14.7 Å². The monoisotopic (exact) mass is 433 g/mol. The molecule has 0 bridgehead atoms. The van der Waals surface area contributed by atoms with Gasteiger partial charge in [0.15, 0.2) is 5.82 Å². The Hall–Kier alpha value is -3.39. The van der Waals surface area contributed by atoms with Crippen LogP contribution in [0.15, 0.2) is 54.7 Å². The van der Waals surface area contributed by atoms with E-state index in [4.69, 9.17) is 4.74 Å². The Bertz CT molecular complexity index is 1060. The number of carbonyl (C=O) groups is 1. The van der Waals surface area contributed by atoms with Gasteiger partial charge in [0.1, 0.15) is 6.61 Å². The van der Waals surface area contributed by atoms with Crippen LogP contribution in [0.5, 0.6) is 5.88 Å². The van der Waals surface area contributed by atoms with Crippen molar-refractivity contribution < 1.29 is 14.6 Å². The molecule has 0 spiro atoms. The molecule has 1 N–H and O–H groups in total. The van der Waals surface area contributed by atoms with Crippen LogP contribution in [0.4, 0.5) is 4.79 Å². The number of amides is 1.